The van der Waals surface area contributed by atoms with Gasteiger partial charge in [-0.3, -0.25) is 9.52 Å². The Bertz CT molecular complexity index is 1600. The van der Waals surface area contributed by atoms with Crippen LogP contribution in [-0.2, 0) is 21.2 Å². The summed E-state index contributed by atoms with van der Waals surface area (Å²) in [6.45, 7) is 0. The first-order valence-electron chi connectivity index (χ1n) is 10.1. The number of fused-ring (bicyclic) bond motifs is 1. The van der Waals surface area contributed by atoms with Crippen molar-refractivity contribution >= 4 is 107 Å². The maximum Gasteiger partial charge on any atom is 0.326 e. The number of halogens is 3. The molecular formula is C22H15ClI2N4O5S2. The molecule has 0 radical (unpaired) electrons. The summed E-state index contributed by atoms with van der Waals surface area (Å²) in [4.78, 5) is 25.0. The maximum absolute atomic E-state index is 13.2. The van der Waals surface area contributed by atoms with E-state index in [4.69, 9.17) is 11.6 Å². The number of aliphatic carboxylic acids is 1. The lowest BCUT2D eigenvalue weighted by molar-refractivity contribution is -0.139. The molecule has 0 spiro atoms. The highest BCUT2D eigenvalue weighted by molar-refractivity contribution is 14.1. The quantitative estimate of drug-likeness (QED) is 0.220. The van der Waals surface area contributed by atoms with Crippen LogP contribution in [0.15, 0.2) is 59.5 Å². The summed E-state index contributed by atoms with van der Waals surface area (Å²) in [7, 11) is -4.14. The van der Waals surface area contributed by atoms with E-state index in [1.807, 2.05) is 45.2 Å². The number of nitrogens with zero attached hydrogens (tertiary/aromatic N) is 2. The summed E-state index contributed by atoms with van der Waals surface area (Å²) in [5.41, 5.74) is 1.30. The summed E-state index contributed by atoms with van der Waals surface area (Å²) < 4.78 is 38.4. The number of sulfonamides is 1. The molecule has 186 valence electrons. The van der Waals surface area contributed by atoms with Crippen LogP contribution in [0, 0.1) is 7.14 Å². The molecule has 0 aliphatic heterocycles. The number of carboxylic acid groups (broad SMARTS) is 1. The second kappa shape index (κ2) is 11.1. The average Bonchev–Trinajstić information content (AvgIpc) is 3.29. The van der Waals surface area contributed by atoms with Crippen LogP contribution < -0.4 is 10.0 Å². The summed E-state index contributed by atoms with van der Waals surface area (Å²) in [5.74, 6) is -1.97. The van der Waals surface area contributed by atoms with Gasteiger partial charge in [0.2, 0.25) is 0 Å². The van der Waals surface area contributed by atoms with Crippen LogP contribution in [0.5, 0.6) is 0 Å². The molecule has 3 aromatic carbocycles. The normalized spacial score (nSPS) is 12.3. The summed E-state index contributed by atoms with van der Waals surface area (Å²) in [6.07, 6.45) is 0.0124. The smallest absolute Gasteiger partial charge is 0.326 e. The molecule has 0 aliphatic carbocycles. The minimum absolute atomic E-state index is 0.00442. The van der Waals surface area contributed by atoms with Gasteiger partial charge in [0.25, 0.3) is 15.9 Å². The van der Waals surface area contributed by atoms with E-state index in [9.17, 15) is 23.1 Å². The Kier molecular flexibility index (Phi) is 8.33. The van der Waals surface area contributed by atoms with Crippen LogP contribution in [-0.4, -0.2) is 40.2 Å². The van der Waals surface area contributed by atoms with Crippen molar-refractivity contribution in [2.24, 2.45) is 0 Å². The first kappa shape index (κ1) is 27.0. The number of benzene rings is 3. The molecule has 4 aromatic rings. The maximum atomic E-state index is 13.2. The van der Waals surface area contributed by atoms with E-state index in [2.05, 4.69) is 18.8 Å². The summed E-state index contributed by atoms with van der Waals surface area (Å²) in [6, 6.07) is 13.0. The van der Waals surface area contributed by atoms with Gasteiger partial charge in [0.05, 0.1) is 28.0 Å². The Labute approximate surface area is 242 Å². The molecule has 0 bridgehead atoms. The van der Waals surface area contributed by atoms with Crippen LogP contribution in [0.2, 0.25) is 5.02 Å². The van der Waals surface area contributed by atoms with Gasteiger partial charge in [0.15, 0.2) is 0 Å². The predicted octanol–water partition coefficient (Wildman–Crippen LogP) is 4.78. The monoisotopic (exact) mass is 768 g/mol. The molecule has 1 atom stereocenters. The third-order valence-corrected chi connectivity index (χ3v) is 9.19. The highest BCUT2D eigenvalue weighted by Gasteiger charge is 2.26. The Morgan fingerprint density at radius 1 is 1.08 bits per heavy atom. The van der Waals surface area contributed by atoms with E-state index in [0.717, 1.165) is 15.3 Å². The molecule has 4 rings (SSSR count). The van der Waals surface area contributed by atoms with E-state index in [1.54, 1.807) is 36.4 Å². The molecule has 0 unspecified atom stereocenters. The van der Waals surface area contributed by atoms with Gasteiger partial charge in [0, 0.05) is 13.6 Å². The Morgan fingerprint density at radius 3 is 2.58 bits per heavy atom. The van der Waals surface area contributed by atoms with E-state index in [0.29, 0.717) is 19.7 Å². The van der Waals surface area contributed by atoms with Crippen molar-refractivity contribution in [2.45, 2.75) is 17.4 Å². The van der Waals surface area contributed by atoms with E-state index >= 15 is 0 Å². The number of aromatic nitrogens is 2. The first-order valence-corrected chi connectivity index (χ1v) is 14.8. The highest BCUT2D eigenvalue weighted by Crippen LogP contribution is 2.27. The van der Waals surface area contributed by atoms with Crippen molar-refractivity contribution in [1.29, 1.82) is 0 Å². The van der Waals surface area contributed by atoms with Gasteiger partial charge < -0.3 is 10.4 Å². The standard InChI is InChI=1S/C22H15ClI2N4O5S2/c23-14-7-4-11(8-15(14)25)9-18(22(31)32)26-21(30)13-6-5-12(24)10-17(13)29-36(33,34)19-3-1-2-16-20(19)28-35-27-16/h1-8,10,18,29H,9H2,(H,26,30)(H,31,32)/t18-/m0/s1. The third-order valence-electron chi connectivity index (χ3n) is 5.04. The third kappa shape index (κ3) is 6.07. The molecule has 1 aromatic heterocycles. The van der Waals surface area contributed by atoms with Crippen LogP contribution >= 0.6 is 68.5 Å². The van der Waals surface area contributed by atoms with E-state index < -0.39 is 27.9 Å². The van der Waals surface area contributed by atoms with Crippen LogP contribution in [0.1, 0.15) is 15.9 Å². The zero-order chi connectivity index (χ0) is 26.0. The van der Waals surface area contributed by atoms with Gasteiger partial charge in [0.1, 0.15) is 22.0 Å². The second-order valence-corrected chi connectivity index (χ2v) is 12.5. The molecule has 14 heteroatoms. The molecule has 0 saturated carbocycles. The fourth-order valence-electron chi connectivity index (χ4n) is 3.34. The van der Waals surface area contributed by atoms with Crippen molar-refractivity contribution in [3.63, 3.8) is 0 Å². The minimum Gasteiger partial charge on any atom is -0.480 e. The highest BCUT2D eigenvalue weighted by atomic mass is 127. The number of amides is 1. The number of carbonyl (C=O) groups is 2. The lowest BCUT2D eigenvalue weighted by atomic mass is 10.1. The topological polar surface area (TPSA) is 138 Å². The van der Waals surface area contributed by atoms with Gasteiger partial charge in [-0.25, -0.2) is 13.2 Å². The Morgan fingerprint density at radius 2 is 1.86 bits per heavy atom. The van der Waals surface area contributed by atoms with E-state index in [-0.39, 0.29) is 28.1 Å². The minimum atomic E-state index is -4.14. The van der Waals surface area contributed by atoms with Crippen molar-refractivity contribution < 1.29 is 23.1 Å². The molecule has 0 saturated heterocycles. The second-order valence-electron chi connectivity index (χ2n) is 7.50. The van der Waals surface area contributed by atoms with Gasteiger partial charge in [-0.05, 0) is 93.2 Å². The van der Waals surface area contributed by atoms with Crippen LogP contribution in [0.3, 0.4) is 0 Å². The molecule has 0 aliphatic rings. The zero-order valence-electron chi connectivity index (χ0n) is 17.9. The van der Waals surface area contributed by atoms with E-state index in [1.165, 1.54) is 18.2 Å². The molecule has 36 heavy (non-hydrogen) atoms. The number of carboxylic acids is 1. The van der Waals surface area contributed by atoms with Crippen LogP contribution in [0.4, 0.5) is 5.69 Å². The number of rotatable bonds is 8. The van der Waals surface area contributed by atoms with Crippen molar-refractivity contribution in [3.8, 4) is 0 Å². The lowest BCUT2D eigenvalue weighted by Gasteiger charge is -2.17. The molecular weight excluding hydrogens is 754 g/mol. The number of hydrogen-bond acceptors (Lipinski definition) is 7. The molecule has 3 N–H and O–H groups in total. The largest absolute Gasteiger partial charge is 0.480 e. The predicted molar refractivity (Wildman–Crippen MR) is 154 cm³/mol. The number of carbonyl (C=O) groups excluding carboxylic acids is 1. The number of nitrogens with one attached hydrogen (secondary N) is 2. The molecule has 1 heterocycles. The van der Waals surface area contributed by atoms with Gasteiger partial charge in [-0.2, -0.15) is 8.75 Å². The van der Waals surface area contributed by atoms with Crippen molar-refractivity contribution in [2.75, 3.05) is 4.72 Å². The van der Waals surface area contributed by atoms with Gasteiger partial charge in [-0.1, -0.05) is 23.7 Å². The van der Waals surface area contributed by atoms with Gasteiger partial charge in [-0.15, -0.1) is 0 Å². The molecule has 9 nitrogen and oxygen atoms in total. The fraction of sp³-hybridized carbons (Fsp3) is 0.0909. The number of anilines is 1. The fourth-order valence-corrected chi connectivity index (χ4v) is 6.36. The van der Waals surface area contributed by atoms with Crippen molar-refractivity contribution in [3.05, 3.63) is 77.9 Å². The van der Waals surface area contributed by atoms with Crippen molar-refractivity contribution in [1.82, 2.24) is 14.1 Å². The van der Waals surface area contributed by atoms with Crippen LogP contribution in [0.25, 0.3) is 11.0 Å². The lowest BCUT2D eigenvalue weighted by Crippen LogP contribution is -2.42. The molecule has 0 fully saturated rings. The SMILES string of the molecule is O=C(N[C@@H](Cc1ccc(Cl)c(I)c1)C(=O)O)c1ccc(I)cc1NS(=O)(=O)c1cccc2nsnc12. The summed E-state index contributed by atoms with van der Waals surface area (Å²) in [5, 5.41) is 12.7. The summed E-state index contributed by atoms with van der Waals surface area (Å²) >= 11 is 11.0. The zero-order valence-corrected chi connectivity index (χ0v) is 24.6. The molecule has 1 amide bonds. The number of hydrogen-bond donors (Lipinski definition) is 3. The average molecular weight is 769 g/mol. The first-order chi connectivity index (χ1) is 17.0. The Hall–Kier alpha value is -2.08. The Balaban J connectivity index is 1.62. The van der Waals surface area contributed by atoms with Gasteiger partial charge >= 0.3 is 5.97 Å².